The van der Waals surface area contributed by atoms with Gasteiger partial charge in [-0.05, 0) is 36.6 Å². The Morgan fingerprint density at radius 3 is 2.73 bits per heavy atom. The molecule has 0 saturated heterocycles. The number of anilines is 1. The first-order chi connectivity index (χ1) is 10.4. The van der Waals surface area contributed by atoms with Crippen molar-refractivity contribution in [1.82, 2.24) is 0 Å². The number of amides is 2. The number of hydrogen-bond donors (Lipinski definition) is 2. The average Bonchev–Trinajstić information content (AvgIpc) is 2.91. The van der Waals surface area contributed by atoms with Crippen molar-refractivity contribution < 1.29 is 18.4 Å². The van der Waals surface area contributed by atoms with Crippen molar-refractivity contribution in [2.45, 2.75) is 17.1 Å². The van der Waals surface area contributed by atoms with E-state index in [4.69, 9.17) is 5.73 Å². The zero-order valence-electron chi connectivity index (χ0n) is 11.4. The fourth-order valence-electron chi connectivity index (χ4n) is 1.63. The quantitative estimate of drug-likeness (QED) is 0.819. The maximum atomic E-state index is 13.6. The largest absolute Gasteiger partial charge is 0.366 e. The van der Waals surface area contributed by atoms with Crippen LogP contribution in [0.4, 0.5) is 13.8 Å². The first kappa shape index (κ1) is 16.4. The Kier molecular flexibility index (Phi) is 5.15. The average molecular weight is 342 g/mol. The van der Waals surface area contributed by atoms with Crippen LogP contribution in [0.5, 0.6) is 0 Å². The highest BCUT2D eigenvalue weighted by Gasteiger charge is 2.19. The lowest BCUT2D eigenvalue weighted by atomic mass is 10.3. The number of thioether (sulfide) groups is 1. The third-order valence-corrected chi connectivity index (χ3v) is 4.70. The van der Waals surface area contributed by atoms with E-state index in [0.29, 0.717) is 5.00 Å². The minimum Gasteiger partial charge on any atom is -0.366 e. The maximum Gasteiger partial charge on any atom is 0.251 e. The summed E-state index contributed by atoms with van der Waals surface area (Å²) < 4.78 is 26.7. The number of halogens is 2. The van der Waals surface area contributed by atoms with E-state index in [1.165, 1.54) is 6.07 Å². The molecule has 1 aromatic carbocycles. The molecule has 4 nitrogen and oxygen atoms in total. The van der Waals surface area contributed by atoms with Crippen LogP contribution < -0.4 is 11.1 Å². The lowest BCUT2D eigenvalue weighted by molar-refractivity contribution is -0.115. The smallest absolute Gasteiger partial charge is 0.251 e. The van der Waals surface area contributed by atoms with Gasteiger partial charge in [-0.2, -0.15) is 0 Å². The summed E-state index contributed by atoms with van der Waals surface area (Å²) in [5, 5.41) is 3.85. The molecule has 0 spiro atoms. The molecule has 1 unspecified atom stereocenters. The first-order valence-electron chi connectivity index (χ1n) is 6.18. The van der Waals surface area contributed by atoms with Crippen LogP contribution in [-0.4, -0.2) is 17.1 Å². The molecule has 3 N–H and O–H groups in total. The lowest BCUT2D eigenvalue weighted by Gasteiger charge is -2.12. The van der Waals surface area contributed by atoms with Crippen molar-refractivity contribution in [3.8, 4) is 0 Å². The van der Waals surface area contributed by atoms with Crippen molar-refractivity contribution in [2.75, 3.05) is 5.32 Å². The standard InChI is InChI=1S/C14H12F2N2O2S2/c1-7(22-11-6-8(15)2-3-10(11)16)13(20)18-14-9(12(17)19)4-5-21-14/h2-7H,1H3,(H2,17,19)(H,18,20). The van der Waals surface area contributed by atoms with Crippen molar-refractivity contribution >= 4 is 39.9 Å². The van der Waals surface area contributed by atoms with Crippen molar-refractivity contribution in [2.24, 2.45) is 5.73 Å². The van der Waals surface area contributed by atoms with Gasteiger partial charge in [-0.3, -0.25) is 9.59 Å². The third kappa shape index (κ3) is 3.83. The third-order valence-electron chi connectivity index (χ3n) is 2.73. The van der Waals surface area contributed by atoms with Crippen molar-refractivity contribution in [1.29, 1.82) is 0 Å². The number of carbonyl (C=O) groups is 2. The molecule has 2 amide bonds. The van der Waals surface area contributed by atoms with E-state index < -0.39 is 28.7 Å². The van der Waals surface area contributed by atoms with Crippen LogP contribution in [0.25, 0.3) is 0 Å². The number of nitrogens with two attached hydrogens (primary N) is 1. The molecule has 0 bridgehead atoms. The van der Waals surface area contributed by atoms with E-state index in [-0.39, 0.29) is 10.5 Å². The summed E-state index contributed by atoms with van der Waals surface area (Å²) in [6, 6.07) is 4.55. The minimum atomic E-state index is -0.681. The van der Waals surface area contributed by atoms with Gasteiger partial charge in [0.25, 0.3) is 5.91 Å². The second kappa shape index (κ2) is 6.89. The molecule has 2 rings (SSSR count). The topological polar surface area (TPSA) is 72.2 Å². The second-order valence-corrected chi connectivity index (χ2v) is 6.65. The van der Waals surface area contributed by atoms with Crippen LogP contribution in [0.3, 0.4) is 0 Å². The summed E-state index contributed by atoms with van der Waals surface area (Å²) in [5.41, 5.74) is 5.41. The molecule has 1 heterocycles. The lowest BCUT2D eigenvalue weighted by Crippen LogP contribution is -2.23. The molecule has 116 valence electrons. The molecule has 0 aliphatic heterocycles. The van der Waals surface area contributed by atoms with E-state index in [1.807, 2.05) is 0 Å². The number of rotatable bonds is 5. The van der Waals surface area contributed by atoms with Gasteiger partial charge in [-0.25, -0.2) is 8.78 Å². The minimum absolute atomic E-state index is 0.0453. The number of benzene rings is 1. The van der Waals surface area contributed by atoms with E-state index in [9.17, 15) is 18.4 Å². The van der Waals surface area contributed by atoms with Gasteiger partial charge in [0.1, 0.15) is 16.6 Å². The summed E-state index contributed by atoms with van der Waals surface area (Å²) in [5.74, 6) is -2.25. The van der Waals surface area contributed by atoms with Gasteiger partial charge in [-0.15, -0.1) is 23.1 Å². The Morgan fingerprint density at radius 1 is 1.32 bits per heavy atom. The van der Waals surface area contributed by atoms with E-state index in [1.54, 1.807) is 12.3 Å². The molecular weight excluding hydrogens is 330 g/mol. The van der Waals surface area contributed by atoms with E-state index >= 15 is 0 Å². The second-order valence-electron chi connectivity index (χ2n) is 4.35. The Bertz CT molecular complexity index is 719. The monoisotopic (exact) mass is 342 g/mol. The van der Waals surface area contributed by atoms with Crippen LogP contribution in [0.15, 0.2) is 34.5 Å². The van der Waals surface area contributed by atoms with Gasteiger partial charge in [0.15, 0.2) is 0 Å². The Hall–Kier alpha value is -1.93. The van der Waals surface area contributed by atoms with E-state index in [2.05, 4.69) is 5.32 Å². The number of primary amides is 1. The van der Waals surface area contributed by atoms with Crippen LogP contribution in [0.2, 0.25) is 0 Å². The van der Waals surface area contributed by atoms with Gasteiger partial charge in [-0.1, -0.05) is 0 Å². The molecule has 1 atom stereocenters. The zero-order valence-corrected chi connectivity index (χ0v) is 13.1. The molecule has 0 radical (unpaired) electrons. The summed E-state index contributed by atoms with van der Waals surface area (Å²) in [6.07, 6.45) is 0. The number of hydrogen-bond acceptors (Lipinski definition) is 4. The first-order valence-corrected chi connectivity index (χ1v) is 7.94. The fraction of sp³-hybridized carbons (Fsp3) is 0.143. The van der Waals surface area contributed by atoms with Crippen molar-refractivity contribution in [3.05, 3.63) is 46.8 Å². The van der Waals surface area contributed by atoms with Crippen LogP contribution in [0, 0.1) is 11.6 Å². The molecule has 22 heavy (non-hydrogen) atoms. The fourth-order valence-corrected chi connectivity index (χ4v) is 3.33. The van der Waals surface area contributed by atoms with Gasteiger partial charge >= 0.3 is 0 Å². The van der Waals surface area contributed by atoms with Gasteiger partial charge in [0, 0.05) is 4.90 Å². The summed E-state index contributed by atoms with van der Waals surface area (Å²) >= 11 is 2.05. The summed E-state index contributed by atoms with van der Waals surface area (Å²) in [4.78, 5) is 23.3. The molecule has 1 aromatic heterocycles. The van der Waals surface area contributed by atoms with E-state index in [0.717, 1.165) is 41.3 Å². The number of thiophene rings is 1. The van der Waals surface area contributed by atoms with Crippen LogP contribution >= 0.6 is 23.1 Å². The van der Waals surface area contributed by atoms with Gasteiger partial charge in [0.2, 0.25) is 5.91 Å². The molecule has 8 heteroatoms. The highest BCUT2D eigenvalue weighted by atomic mass is 32.2. The highest BCUT2D eigenvalue weighted by Crippen LogP contribution is 2.29. The summed E-state index contributed by atoms with van der Waals surface area (Å²) in [6.45, 7) is 1.56. The molecule has 0 fully saturated rings. The summed E-state index contributed by atoms with van der Waals surface area (Å²) in [7, 11) is 0. The van der Waals surface area contributed by atoms with Gasteiger partial charge in [0.05, 0.1) is 10.8 Å². The zero-order chi connectivity index (χ0) is 16.3. The number of nitrogens with one attached hydrogen (secondary N) is 1. The predicted molar refractivity (Wildman–Crippen MR) is 83.1 cm³/mol. The molecule has 0 aliphatic carbocycles. The van der Waals surface area contributed by atoms with Gasteiger partial charge < -0.3 is 11.1 Å². The van der Waals surface area contributed by atoms with Crippen LogP contribution in [0.1, 0.15) is 17.3 Å². The SMILES string of the molecule is CC(Sc1cc(F)ccc1F)C(=O)Nc1sccc1C(N)=O. The Morgan fingerprint density at radius 2 is 2.05 bits per heavy atom. The molecule has 0 saturated carbocycles. The Balaban J connectivity index is 2.08. The molecular formula is C14H12F2N2O2S2. The van der Waals surface area contributed by atoms with Crippen LogP contribution in [-0.2, 0) is 4.79 Å². The highest BCUT2D eigenvalue weighted by molar-refractivity contribution is 8.00. The normalized spacial score (nSPS) is 12.0. The molecule has 0 aliphatic rings. The molecule has 2 aromatic rings. The predicted octanol–water partition coefficient (Wildman–Crippen LogP) is 3.24. The maximum absolute atomic E-state index is 13.6. The number of carbonyl (C=O) groups excluding carboxylic acids is 2. The van der Waals surface area contributed by atoms with Crippen molar-refractivity contribution in [3.63, 3.8) is 0 Å². The Labute approximate surface area is 133 Å².